The normalized spacial score (nSPS) is 10.6. The Kier molecular flexibility index (Phi) is 4.02. The highest BCUT2D eigenvalue weighted by atomic mass is 19.2. The van der Waals surface area contributed by atoms with E-state index in [0.29, 0.717) is 24.4 Å². The maximum Gasteiger partial charge on any atom is 0.251 e. The summed E-state index contributed by atoms with van der Waals surface area (Å²) < 4.78 is 40.2. The van der Waals surface area contributed by atoms with Crippen molar-refractivity contribution in [3.8, 4) is 0 Å². The van der Waals surface area contributed by atoms with Crippen LogP contribution in [0.3, 0.4) is 0 Å². The Hall–Kier alpha value is -2.38. The van der Waals surface area contributed by atoms with Crippen molar-refractivity contribution in [1.29, 1.82) is 0 Å². The Morgan fingerprint density at radius 3 is 2.50 bits per heavy atom. The molecule has 0 spiro atoms. The number of carbonyl (C=O) groups is 1. The van der Waals surface area contributed by atoms with Crippen LogP contribution in [0.1, 0.15) is 16.2 Å². The van der Waals surface area contributed by atoms with Crippen molar-refractivity contribution in [3.05, 3.63) is 47.3 Å². The van der Waals surface area contributed by atoms with E-state index in [-0.39, 0.29) is 12.1 Å². The van der Waals surface area contributed by atoms with Crippen molar-refractivity contribution in [1.82, 2.24) is 20.1 Å². The number of amides is 1. The third kappa shape index (κ3) is 3.14. The highest BCUT2D eigenvalue weighted by molar-refractivity contribution is 5.94. The van der Waals surface area contributed by atoms with E-state index in [2.05, 4.69) is 15.4 Å². The van der Waals surface area contributed by atoms with Gasteiger partial charge in [0.2, 0.25) is 0 Å². The van der Waals surface area contributed by atoms with Crippen molar-refractivity contribution in [2.45, 2.75) is 6.42 Å². The summed E-state index contributed by atoms with van der Waals surface area (Å²) >= 11 is 0. The number of nitrogens with zero attached hydrogens (tertiary/aromatic N) is 3. The summed E-state index contributed by atoms with van der Waals surface area (Å²) in [5.41, 5.74) is -0.282. The van der Waals surface area contributed by atoms with Crippen LogP contribution < -0.4 is 5.32 Å². The van der Waals surface area contributed by atoms with Crippen LogP contribution in [0.2, 0.25) is 0 Å². The lowest BCUT2D eigenvalue weighted by Gasteiger charge is -2.05. The van der Waals surface area contributed by atoms with E-state index in [1.165, 1.54) is 11.0 Å². The summed E-state index contributed by atoms with van der Waals surface area (Å²) in [5, 5.41) is 6.45. The van der Waals surface area contributed by atoms with E-state index < -0.39 is 23.4 Å². The largest absolute Gasteiger partial charge is 0.352 e. The van der Waals surface area contributed by atoms with E-state index in [1.54, 1.807) is 7.05 Å². The van der Waals surface area contributed by atoms with Gasteiger partial charge in [-0.1, -0.05) is 0 Å². The van der Waals surface area contributed by atoms with Gasteiger partial charge in [0, 0.05) is 25.6 Å². The summed E-state index contributed by atoms with van der Waals surface area (Å²) in [4.78, 5) is 15.6. The second-order valence-electron chi connectivity index (χ2n) is 4.09. The molecule has 0 saturated heterocycles. The lowest BCUT2D eigenvalue weighted by Crippen LogP contribution is -2.26. The molecule has 2 aromatic rings. The molecule has 0 bridgehead atoms. The standard InChI is InChI=1S/C12H11F3N4O/c1-19-6-17-10(18-19)2-3-16-12(20)7-4-8(13)11(15)9(14)5-7/h4-6H,2-3H2,1H3,(H,16,20). The van der Waals surface area contributed by atoms with Gasteiger partial charge in [-0.05, 0) is 12.1 Å². The molecule has 2 rings (SSSR count). The number of benzene rings is 1. The fraction of sp³-hybridized carbons (Fsp3) is 0.250. The molecule has 1 N–H and O–H groups in total. The second-order valence-corrected chi connectivity index (χ2v) is 4.09. The van der Waals surface area contributed by atoms with Crippen LogP contribution in [0.4, 0.5) is 13.2 Å². The SMILES string of the molecule is Cn1cnc(CCNC(=O)c2cc(F)c(F)c(F)c2)n1. The third-order valence-electron chi connectivity index (χ3n) is 2.53. The number of aromatic nitrogens is 3. The Morgan fingerprint density at radius 1 is 1.30 bits per heavy atom. The molecule has 20 heavy (non-hydrogen) atoms. The van der Waals surface area contributed by atoms with Crippen LogP contribution in [-0.2, 0) is 13.5 Å². The second kappa shape index (κ2) is 5.72. The molecular weight excluding hydrogens is 273 g/mol. The molecule has 1 heterocycles. The van der Waals surface area contributed by atoms with Crippen molar-refractivity contribution < 1.29 is 18.0 Å². The quantitative estimate of drug-likeness (QED) is 0.858. The van der Waals surface area contributed by atoms with E-state index in [4.69, 9.17) is 0 Å². The Bertz CT molecular complexity index is 618. The molecule has 0 atom stereocenters. The Morgan fingerprint density at radius 2 is 1.95 bits per heavy atom. The van der Waals surface area contributed by atoms with E-state index in [0.717, 1.165) is 0 Å². The average Bonchev–Trinajstić information content (AvgIpc) is 2.81. The van der Waals surface area contributed by atoms with Crippen LogP contribution in [0, 0.1) is 17.5 Å². The minimum absolute atomic E-state index is 0.198. The summed E-state index contributed by atoms with van der Waals surface area (Å²) in [6.45, 7) is 0.198. The smallest absolute Gasteiger partial charge is 0.251 e. The van der Waals surface area contributed by atoms with Crippen molar-refractivity contribution in [2.75, 3.05) is 6.54 Å². The Balaban J connectivity index is 1.95. The molecule has 1 amide bonds. The molecular formula is C12H11F3N4O. The number of halogens is 3. The number of hydrogen-bond donors (Lipinski definition) is 1. The predicted molar refractivity (Wildman–Crippen MR) is 63.4 cm³/mol. The molecule has 0 saturated carbocycles. The van der Waals surface area contributed by atoms with Gasteiger partial charge in [0.25, 0.3) is 5.91 Å². The van der Waals surface area contributed by atoms with E-state index in [9.17, 15) is 18.0 Å². The van der Waals surface area contributed by atoms with Gasteiger partial charge in [0.05, 0.1) is 0 Å². The highest BCUT2D eigenvalue weighted by Gasteiger charge is 2.14. The topological polar surface area (TPSA) is 59.8 Å². The van der Waals surface area contributed by atoms with Gasteiger partial charge in [-0.3, -0.25) is 9.48 Å². The molecule has 0 aliphatic heterocycles. The minimum atomic E-state index is -1.60. The van der Waals surface area contributed by atoms with Gasteiger partial charge in [-0.15, -0.1) is 0 Å². The average molecular weight is 284 g/mol. The lowest BCUT2D eigenvalue weighted by molar-refractivity contribution is 0.0953. The molecule has 0 aliphatic carbocycles. The summed E-state index contributed by atoms with van der Waals surface area (Å²) in [6, 6.07) is 1.29. The fourth-order valence-electron chi connectivity index (χ4n) is 1.57. The molecule has 1 aromatic carbocycles. The molecule has 0 radical (unpaired) electrons. The highest BCUT2D eigenvalue weighted by Crippen LogP contribution is 2.13. The predicted octanol–water partition coefficient (Wildman–Crippen LogP) is 1.20. The maximum atomic E-state index is 13.0. The van der Waals surface area contributed by atoms with E-state index >= 15 is 0 Å². The van der Waals surface area contributed by atoms with Crippen LogP contribution in [0.25, 0.3) is 0 Å². The summed E-state index contributed by atoms with van der Waals surface area (Å²) in [6.07, 6.45) is 1.89. The van der Waals surface area contributed by atoms with Crippen LogP contribution in [-0.4, -0.2) is 27.2 Å². The first-order valence-corrected chi connectivity index (χ1v) is 5.74. The first kappa shape index (κ1) is 14.0. The summed E-state index contributed by atoms with van der Waals surface area (Å²) in [5.74, 6) is -4.56. The zero-order valence-corrected chi connectivity index (χ0v) is 10.5. The maximum absolute atomic E-state index is 13.0. The first-order chi connectivity index (χ1) is 9.47. The fourth-order valence-corrected chi connectivity index (χ4v) is 1.57. The van der Waals surface area contributed by atoms with Gasteiger partial charge < -0.3 is 5.32 Å². The van der Waals surface area contributed by atoms with Gasteiger partial charge in [-0.2, -0.15) is 5.10 Å². The zero-order chi connectivity index (χ0) is 14.7. The van der Waals surface area contributed by atoms with Gasteiger partial charge in [-0.25, -0.2) is 18.2 Å². The number of carbonyl (C=O) groups excluding carboxylic acids is 1. The molecule has 0 fully saturated rings. The molecule has 5 nitrogen and oxygen atoms in total. The van der Waals surface area contributed by atoms with Crippen LogP contribution >= 0.6 is 0 Å². The van der Waals surface area contributed by atoms with Crippen LogP contribution in [0.15, 0.2) is 18.5 Å². The molecule has 0 unspecified atom stereocenters. The third-order valence-corrected chi connectivity index (χ3v) is 2.53. The lowest BCUT2D eigenvalue weighted by atomic mass is 10.2. The van der Waals surface area contributed by atoms with Crippen molar-refractivity contribution >= 4 is 5.91 Å². The van der Waals surface area contributed by atoms with Gasteiger partial charge in [0.15, 0.2) is 23.3 Å². The van der Waals surface area contributed by atoms with Gasteiger partial charge in [0.1, 0.15) is 6.33 Å². The molecule has 0 aliphatic rings. The summed E-state index contributed by atoms with van der Waals surface area (Å²) in [7, 11) is 1.71. The Labute approximate surface area is 112 Å². The van der Waals surface area contributed by atoms with Crippen molar-refractivity contribution in [3.63, 3.8) is 0 Å². The molecule has 106 valence electrons. The number of rotatable bonds is 4. The van der Waals surface area contributed by atoms with Gasteiger partial charge >= 0.3 is 0 Å². The monoisotopic (exact) mass is 284 g/mol. The zero-order valence-electron chi connectivity index (χ0n) is 10.5. The molecule has 1 aromatic heterocycles. The first-order valence-electron chi connectivity index (χ1n) is 5.74. The van der Waals surface area contributed by atoms with E-state index in [1.807, 2.05) is 0 Å². The van der Waals surface area contributed by atoms with Crippen LogP contribution in [0.5, 0.6) is 0 Å². The number of hydrogen-bond acceptors (Lipinski definition) is 3. The number of aryl methyl sites for hydroxylation is 1. The molecule has 8 heteroatoms. The minimum Gasteiger partial charge on any atom is -0.352 e. The number of nitrogens with one attached hydrogen (secondary N) is 1. The van der Waals surface area contributed by atoms with Crippen molar-refractivity contribution in [2.24, 2.45) is 7.05 Å².